The Morgan fingerprint density at radius 2 is 1.92 bits per heavy atom. The lowest BCUT2D eigenvalue weighted by Gasteiger charge is -2.43. The molecule has 0 unspecified atom stereocenters. The van der Waals surface area contributed by atoms with Crippen LogP contribution >= 0.6 is 0 Å². The zero-order chi connectivity index (χ0) is 8.23. The monoisotopic (exact) mass is 168 g/mol. The smallest absolute Gasteiger partial charge is 0.123 e. The molecule has 3 aliphatic rings. The standard InChI is InChI=1S/C10H16O2/c11-9(5-3-6-9)10-7-2-1-4-8(10)12-10/h8,11H,1-7H2/t8-,10+/m0/s1. The van der Waals surface area contributed by atoms with Crippen LogP contribution in [0.15, 0.2) is 0 Å². The van der Waals surface area contributed by atoms with Crippen molar-refractivity contribution in [3.8, 4) is 0 Å². The SMILES string of the molecule is OC1([C@@]23CCCC[C@@H]2O3)CCC1. The van der Waals surface area contributed by atoms with Crippen LogP contribution in [0.25, 0.3) is 0 Å². The van der Waals surface area contributed by atoms with E-state index in [-0.39, 0.29) is 5.60 Å². The van der Waals surface area contributed by atoms with E-state index in [4.69, 9.17) is 4.74 Å². The Morgan fingerprint density at radius 3 is 2.50 bits per heavy atom. The molecule has 1 saturated heterocycles. The first kappa shape index (κ1) is 7.34. The van der Waals surface area contributed by atoms with Gasteiger partial charge in [-0.25, -0.2) is 0 Å². The summed E-state index contributed by atoms with van der Waals surface area (Å²) < 4.78 is 5.72. The van der Waals surface area contributed by atoms with E-state index >= 15 is 0 Å². The highest BCUT2D eigenvalue weighted by Crippen LogP contribution is 2.59. The van der Waals surface area contributed by atoms with Crippen LogP contribution in [-0.4, -0.2) is 22.4 Å². The van der Waals surface area contributed by atoms with Gasteiger partial charge in [-0.3, -0.25) is 0 Å². The van der Waals surface area contributed by atoms with Gasteiger partial charge in [-0.1, -0.05) is 12.8 Å². The molecule has 12 heavy (non-hydrogen) atoms. The molecule has 2 nitrogen and oxygen atoms in total. The highest BCUT2D eigenvalue weighted by atomic mass is 16.6. The van der Waals surface area contributed by atoms with Crippen LogP contribution in [0.3, 0.4) is 0 Å². The highest BCUT2D eigenvalue weighted by molar-refractivity contribution is 5.19. The lowest BCUT2D eigenvalue weighted by atomic mass is 9.66. The second-order valence-electron chi connectivity index (χ2n) is 4.63. The van der Waals surface area contributed by atoms with Crippen molar-refractivity contribution in [2.45, 2.75) is 62.3 Å². The Kier molecular flexibility index (Phi) is 1.25. The van der Waals surface area contributed by atoms with Crippen molar-refractivity contribution in [1.82, 2.24) is 0 Å². The Hall–Kier alpha value is -0.0800. The minimum Gasteiger partial charge on any atom is -0.387 e. The first-order chi connectivity index (χ1) is 5.77. The van der Waals surface area contributed by atoms with Crippen LogP contribution < -0.4 is 0 Å². The van der Waals surface area contributed by atoms with E-state index in [1.165, 1.54) is 25.7 Å². The van der Waals surface area contributed by atoms with Crippen molar-refractivity contribution in [1.29, 1.82) is 0 Å². The van der Waals surface area contributed by atoms with Crippen LogP contribution in [0.4, 0.5) is 0 Å². The Bertz CT molecular complexity index is 210. The van der Waals surface area contributed by atoms with Gasteiger partial charge in [-0.15, -0.1) is 0 Å². The van der Waals surface area contributed by atoms with E-state index in [1.54, 1.807) is 0 Å². The molecule has 2 saturated carbocycles. The second-order valence-corrected chi connectivity index (χ2v) is 4.63. The van der Waals surface area contributed by atoms with E-state index in [1.807, 2.05) is 0 Å². The molecule has 1 aliphatic heterocycles. The van der Waals surface area contributed by atoms with Gasteiger partial charge in [0.05, 0.1) is 11.7 Å². The largest absolute Gasteiger partial charge is 0.387 e. The van der Waals surface area contributed by atoms with E-state index in [0.717, 1.165) is 19.3 Å². The number of hydrogen-bond acceptors (Lipinski definition) is 2. The van der Waals surface area contributed by atoms with Crippen molar-refractivity contribution >= 4 is 0 Å². The van der Waals surface area contributed by atoms with Gasteiger partial charge in [0.1, 0.15) is 5.60 Å². The predicted octanol–water partition coefficient (Wildman–Crippen LogP) is 1.61. The third-order valence-corrected chi connectivity index (χ3v) is 4.05. The lowest BCUT2D eigenvalue weighted by Crippen LogP contribution is -2.53. The molecule has 1 heterocycles. The summed E-state index contributed by atoms with van der Waals surface area (Å²) in [6.07, 6.45) is 8.38. The highest BCUT2D eigenvalue weighted by Gasteiger charge is 2.70. The van der Waals surface area contributed by atoms with Gasteiger partial charge >= 0.3 is 0 Å². The molecule has 0 aromatic carbocycles. The molecular weight excluding hydrogens is 152 g/mol. The molecule has 0 radical (unpaired) electrons. The van der Waals surface area contributed by atoms with Crippen molar-refractivity contribution in [2.24, 2.45) is 0 Å². The number of epoxide rings is 1. The van der Waals surface area contributed by atoms with Crippen LogP contribution in [0.2, 0.25) is 0 Å². The molecule has 0 bridgehead atoms. The van der Waals surface area contributed by atoms with Crippen LogP contribution in [0.5, 0.6) is 0 Å². The molecule has 3 rings (SSSR count). The van der Waals surface area contributed by atoms with Crippen molar-refractivity contribution in [3.05, 3.63) is 0 Å². The minimum atomic E-state index is -0.419. The second kappa shape index (κ2) is 2.05. The average molecular weight is 168 g/mol. The van der Waals surface area contributed by atoms with E-state index in [2.05, 4.69) is 0 Å². The van der Waals surface area contributed by atoms with E-state index in [9.17, 15) is 5.11 Å². The van der Waals surface area contributed by atoms with Gasteiger partial charge in [0.2, 0.25) is 0 Å². The number of fused-ring (bicyclic) bond motifs is 1. The first-order valence-corrected chi connectivity index (χ1v) is 5.17. The Morgan fingerprint density at radius 1 is 1.08 bits per heavy atom. The molecule has 2 atom stereocenters. The zero-order valence-corrected chi connectivity index (χ0v) is 7.38. The molecule has 68 valence electrons. The minimum absolute atomic E-state index is 0.0660. The summed E-state index contributed by atoms with van der Waals surface area (Å²) in [6.45, 7) is 0. The lowest BCUT2D eigenvalue weighted by molar-refractivity contribution is -0.102. The maximum atomic E-state index is 10.2. The molecule has 2 aliphatic carbocycles. The van der Waals surface area contributed by atoms with Gasteiger partial charge in [0, 0.05) is 0 Å². The normalized spacial score (nSPS) is 49.2. The third kappa shape index (κ3) is 0.686. The van der Waals surface area contributed by atoms with Crippen molar-refractivity contribution < 1.29 is 9.84 Å². The van der Waals surface area contributed by atoms with Crippen LogP contribution in [-0.2, 0) is 4.74 Å². The summed E-state index contributed by atoms with van der Waals surface area (Å²) >= 11 is 0. The third-order valence-electron chi connectivity index (χ3n) is 4.05. The fourth-order valence-corrected chi connectivity index (χ4v) is 3.03. The van der Waals surface area contributed by atoms with Gasteiger partial charge < -0.3 is 9.84 Å². The maximum absolute atomic E-state index is 10.2. The van der Waals surface area contributed by atoms with Gasteiger partial charge in [-0.2, -0.15) is 0 Å². The summed E-state index contributed by atoms with van der Waals surface area (Å²) in [5.41, 5.74) is -0.485. The van der Waals surface area contributed by atoms with Crippen LogP contribution in [0, 0.1) is 0 Å². The summed E-state index contributed by atoms with van der Waals surface area (Å²) in [4.78, 5) is 0. The van der Waals surface area contributed by atoms with Gasteiger partial charge in [0.15, 0.2) is 0 Å². The van der Waals surface area contributed by atoms with Gasteiger partial charge in [0.25, 0.3) is 0 Å². The fraction of sp³-hybridized carbons (Fsp3) is 1.00. The molecule has 1 N–H and O–H groups in total. The molecule has 3 fully saturated rings. The number of rotatable bonds is 1. The molecule has 0 spiro atoms. The first-order valence-electron chi connectivity index (χ1n) is 5.17. The van der Waals surface area contributed by atoms with Crippen LogP contribution in [0.1, 0.15) is 44.9 Å². The molecular formula is C10H16O2. The number of hydrogen-bond donors (Lipinski definition) is 1. The number of aliphatic hydroxyl groups is 1. The summed E-state index contributed by atoms with van der Waals surface area (Å²) in [5, 5.41) is 10.2. The van der Waals surface area contributed by atoms with Crippen molar-refractivity contribution in [3.63, 3.8) is 0 Å². The molecule has 2 heteroatoms. The topological polar surface area (TPSA) is 32.8 Å². The van der Waals surface area contributed by atoms with E-state index < -0.39 is 5.60 Å². The molecule has 0 aromatic heterocycles. The summed E-state index contributed by atoms with van der Waals surface area (Å²) in [7, 11) is 0. The molecule has 0 amide bonds. The summed E-state index contributed by atoms with van der Waals surface area (Å²) in [5.74, 6) is 0. The van der Waals surface area contributed by atoms with Gasteiger partial charge in [-0.05, 0) is 32.1 Å². The fourth-order valence-electron chi connectivity index (χ4n) is 3.03. The Balaban J connectivity index is 1.83. The summed E-state index contributed by atoms with van der Waals surface area (Å²) in [6, 6.07) is 0. The van der Waals surface area contributed by atoms with E-state index in [0.29, 0.717) is 6.10 Å². The maximum Gasteiger partial charge on any atom is 0.123 e. The zero-order valence-electron chi connectivity index (χ0n) is 7.38. The predicted molar refractivity (Wildman–Crippen MR) is 44.9 cm³/mol. The average Bonchev–Trinajstić information content (AvgIpc) is 2.75. The number of ether oxygens (including phenoxy) is 1. The molecule has 0 aromatic rings. The van der Waals surface area contributed by atoms with Crippen molar-refractivity contribution in [2.75, 3.05) is 0 Å². The Labute approximate surface area is 72.9 Å². The quantitative estimate of drug-likeness (QED) is 0.603.